The normalized spacial score (nSPS) is 14.4. The van der Waals surface area contributed by atoms with Gasteiger partial charge in [-0.1, -0.05) is 0 Å². The third-order valence-corrected chi connectivity index (χ3v) is 4.05. The number of aliphatic carboxylic acids is 3. The molecule has 0 rings (SSSR count). The zero-order valence-corrected chi connectivity index (χ0v) is 17.0. The van der Waals surface area contributed by atoms with Crippen LogP contribution in [0.3, 0.4) is 0 Å². The smallest absolute Gasteiger partial charge is 0.325 e. The molecule has 4 unspecified atom stereocenters. The summed E-state index contributed by atoms with van der Waals surface area (Å²) in [7, 11) is 0. The molecule has 14 heteroatoms. The van der Waals surface area contributed by atoms with Crippen molar-refractivity contribution in [3.05, 3.63) is 0 Å². The molecule has 0 radical (unpaired) electrons. The first-order chi connectivity index (χ1) is 14.4. The van der Waals surface area contributed by atoms with Gasteiger partial charge in [0.1, 0.15) is 18.1 Å². The van der Waals surface area contributed by atoms with Crippen molar-refractivity contribution in [3.8, 4) is 0 Å². The molecule has 14 nitrogen and oxygen atoms in total. The topological polar surface area (TPSA) is 251 Å². The fourth-order valence-electron chi connectivity index (χ4n) is 2.35. The lowest BCUT2D eigenvalue weighted by Crippen LogP contribution is -2.57. The van der Waals surface area contributed by atoms with Crippen LogP contribution in [0.15, 0.2) is 0 Å². The molecule has 0 saturated carbocycles. The Kier molecular flexibility index (Phi) is 12.4. The number of carbonyl (C=O) groups is 6. The Bertz CT molecular complexity index is 685. The van der Waals surface area contributed by atoms with Gasteiger partial charge in [0.2, 0.25) is 17.7 Å². The van der Waals surface area contributed by atoms with Gasteiger partial charge in [-0.15, -0.1) is 0 Å². The highest BCUT2D eigenvalue weighted by molar-refractivity contribution is 5.96. The molecule has 0 aromatic rings. The van der Waals surface area contributed by atoms with Crippen molar-refractivity contribution >= 4 is 35.6 Å². The number of hydrogen-bond acceptors (Lipinski definition) is 8. The Balaban J connectivity index is 5.37. The number of hydrogen-bond donors (Lipinski definition) is 8. The van der Waals surface area contributed by atoms with Crippen LogP contribution in [0.2, 0.25) is 0 Å². The van der Waals surface area contributed by atoms with Gasteiger partial charge in [-0.25, -0.2) is 0 Å². The molecule has 0 heterocycles. The van der Waals surface area contributed by atoms with Crippen LogP contribution < -0.4 is 27.4 Å². The van der Waals surface area contributed by atoms with E-state index < -0.39 is 72.6 Å². The summed E-state index contributed by atoms with van der Waals surface area (Å²) in [6.07, 6.45) is -0.624. The number of nitrogens with one attached hydrogen (secondary N) is 3. The summed E-state index contributed by atoms with van der Waals surface area (Å²) in [6, 6.07) is -5.64. The minimum Gasteiger partial charge on any atom is -0.481 e. The van der Waals surface area contributed by atoms with Crippen LogP contribution in [0.4, 0.5) is 0 Å². The molecule has 0 saturated heterocycles. The van der Waals surface area contributed by atoms with E-state index in [2.05, 4.69) is 16.0 Å². The Hall–Kier alpha value is -3.26. The fraction of sp³-hybridized carbons (Fsp3) is 0.647. The summed E-state index contributed by atoms with van der Waals surface area (Å²) in [5, 5.41) is 33.2. The molecule has 0 aliphatic heterocycles. The van der Waals surface area contributed by atoms with Crippen LogP contribution in [-0.4, -0.2) is 81.7 Å². The molecule has 0 bridgehead atoms. The van der Waals surface area contributed by atoms with Gasteiger partial charge >= 0.3 is 17.9 Å². The predicted molar refractivity (Wildman–Crippen MR) is 104 cm³/mol. The maximum atomic E-state index is 12.6. The average molecular weight is 447 g/mol. The maximum Gasteiger partial charge on any atom is 0.325 e. The van der Waals surface area contributed by atoms with Crippen LogP contribution in [0.1, 0.15) is 39.0 Å². The number of carbonyl (C=O) groups excluding carboxylic acids is 3. The Morgan fingerprint density at radius 3 is 1.77 bits per heavy atom. The lowest BCUT2D eigenvalue weighted by Gasteiger charge is -2.24. The van der Waals surface area contributed by atoms with E-state index in [-0.39, 0.29) is 6.42 Å². The molecule has 0 fully saturated rings. The number of carboxylic acid groups (broad SMARTS) is 3. The first kappa shape index (κ1) is 27.7. The highest BCUT2D eigenvalue weighted by Gasteiger charge is 2.30. The van der Waals surface area contributed by atoms with Gasteiger partial charge in [0.05, 0.1) is 18.9 Å². The first-order valence-electron chi connectivity index (χ1n) is 9.42. The highest BCUT2D eigenvalue weighted by Crippen LogP contribution is 2.04. The van der Waals surface area contributed by atoms with Crippen molar-refractivity contribution in [2.75, 3.05) is 6.54 Å². The number of amides is 3. The van der Waals surface area contributed by atoms with E-state index in [1.54, 1.807) is 0 Å². The van der Waals surface area contributed by atoms with Crippen LogP contribution in [0.5, 0.6) is 0 Å². The average Bonchev–Trinajstić information content (AvgIpc) is 2.65. The minimum atomic E-state index is -1.65. The van der Waals surface area contributed by atoms with E-state index in [4.69, 9.17) is 26.8 Å². The Morgan fingerprint density at radius 2 is 1.29 bits per heavy atom. The molecular formula is C17H29N5O9. The number of unbranched alkanes of at least 4 members (excludes halogenated alkanes) is 1. The Morgan fingerprint density at radius 1 is 0.774 bits per heavy atom. The van der Waals surface area contributed by atoms with Gasteiger partial charge in [0.25, 0.3) is 0 Å². The zero-order valence-electron chi connectivity index (χ0n) is 17.0. The standard InChI is InChI=1S/C17H29N5O9/c1-8(17(30)31)20-15(28)10(4-2-3-5-18)21-16(29)11(7-13(25)26)22-14(27)9(19)6-12(23)24/h8-11H,2-7,18-19H2,1H3,(H,20,28)(H,21,29)(H,22,27)(H,23,24)(H,25,26)(H,30,31). The molecule has 3 amide bonds. The molecular weight excluding hydrogens is 418 g/mol. The quantitative estimate of drug-likeness (QED) is 0.117. The molecule has 31 heavy (non-hydrogen) atoms. The van der Waals surface area contributed by atoms with Gasteiger partial charge in [0, 0.05) is 0 Å². The predicted octanol–water partition coefficient (Wildman–Crippen LogP) is -3.05. The largest absolute Gasteiger partial charge is 0.481 e. The second-order valence-electron chi connectivity index (χ2n) is 6.78. The van der Waals surface area contributed by atoms with Crippen LogP contribution in [0.25, 0.3) is 0 Å². The van der Waals surface area contributed by atoms with Crippen molar-refractivity contribution < 1.29 is 44.1 Å². The summed E-state index contributed by atoms with van der Waals surface area (Å²) in [5.74, 6) is -7.03. The molecule has 10 N–H and O–H groups in total. The van der Waals surface area contributed by atoms with Crippen molar-refractivity contribution in [2.45, 2.75) is 63.2 Å². The SMILES string of the molecule is CC(NC(=O)C(CCCCN)NC(=O)C(CC(=O)O)NC(=O)C(N)CC(=O)O)C(=O)O. The maximum absolute atomic E-state index is 12.6. The van der Waals surface area contributed by atoms with E-state index in [0.717, 1.165) is 0 Å². The monoisotopic (exact) mass is 447 g/mol. The molecule has 0 aliphatic carbocycles. The second-order valence-corrected chi connectivity index (χ2v) is 6.78. The number of rotatable bonds is 15. The van der Waals surface area contributed by atoms with Gasteiger partial charge in [-0.3, -0.25) is 28.8 Å². The molecule has 176 valence electrons. The zero-order chi connectivity index (χ0) is 24.1. The van der Waals surface area contributed by atoms with E-state index in [0.29, 0.717) is 19.4 Å². The lowest BCUT2D eigenvalue weighted by atomic mass is 10.1. The van der Waals surface area contributed by atoms with E-state index >= 15 is 0 Å². The minimum absolute atomic E-state index is 0.0768. The van der Waals surface area contributed by atoms with Crippen molar-refractivity contribution in [1.29, 1.82) is 0 Å². The van der Waals surface area contributed by atoms with Gasteiger partial charge < -0.3 is 42.7 Å². The van der Waals surface area contributed by atoms with Crippen LogP contribution in [0, 0.1) is 0 Å². The van der Waals surface area contributed by atoms with E-state index in [9.17, 15) is 28.8 Å². The van der Waals surface area contributed by atoms with Gasteiger partial charge in [0.15, 0.2) is 0 Å². The molecule has 4 atom stereocenters. The molecule has 0 spiro atoms. The second kappa shape index (κ2) is 13.9. The summed E-state index contributed by atoms with van der Waals surface area (Å²) in [4.78, 5) is 69.6. The third-order valence-electron chi connectivity index (χ3n) is 4.05. The number of nitrogens with two attached hydrogens (primary N) is 2. The summed E-state index contributed by atoms with van der Waals surface area (Å²) < 4.78 is 0. The van der Waals surface area contributed by atoms with E-state index in [1.807, 2.05) is 0 Å². The number of carboxylic acids is 3. The van der Waals surface area contributed by atoms with Crippen LogP contribution >= 0.6 is 0 Å². The lowest BCUT2D eigenvalue weighted by molar-refractivity contribution is -0.143. The first-order valence-corrected chi connectivity index (χ1v) is 9.42. The van der Waals surface area contributed by atoms with Crippen molar-refractivity contribution in [3.63, 3.8) is 0 Å². The van der Waals surface area contributed by atoms with E-state index in [1.165, 1.54) is 6.92 Å². The molecule has 0 aromatic carbocycles. The highest BCUT2D eigenvalue weighted by atomic mass is 16.4. The van der Waals surface area contributed by atoms with Crippen molar-refractivity contribution in [2.24, 2.45) is 11.5 Å². The molecule has 0 aromatic heterocycles. The third kappa shape index (κ3) is 11.5. The van der Waals surface area contributed by atoms with Gasteiger partial charge in [-0.05, 0) is 32.7 Å². The van der Waals surface area contributed by atoms with Crippen molar-refractivity contribution in [1.82, 2.24) is 16.0 Å². The fourth-order valence-corrected chi connectivity index (χ4v) is 2.35. The summed E-state index contributed by atoms with van der Waals surface area (Å²) in [6.45, 7) is 1.53. The van der Waals surface area contributed by atoms with Crippen LogP contribution in [-0.2, 0) is 28.8 Å². The van der Waals surface area contributed by atoms with Gasteiger partial charge in [-0.2, -0.15) is 0 Å². The Labute approximate surface area is 177 Å². The molecule has 0 aliphatic rings. The summed E-state index contributed by atoms with van der Waals surface area (Å²) >= 11 is 0. The summed E-state index contributed by atoms with van der Waals surface area (Å²) in [5.41, 5.74) is 10.8.